The normalized spacial score (nSPS) is 10.2. The van der Waals surface area contributed by atoms with Crippen LogP contribution in [0.4, 0.5) is 17.2 Å². The first kappa shape index (κ1) is 14.3. The van der Waals surface area contributed by atoms with Gasteiger partial charge < -0.3 is 16.0 Å². The van der Waals surface area contributed by atoms with Crippen molar-refractivity contribution in [3.63, 3.8) is 0 Å². The number of nitrogens with one attached hydrogen (secondary N) is 1. The van der Waals surface area contributed by atoms with Gasteiger partial charge in [-0.3, -0.25) is 4.79 Å². The molecule has 0 saturated heterocycles. The highest BCUT2D eigenvalue weighted by atomic mass is 79.9. The van der Waals surface area contributed by atoms with E-state index in [0.29, 0.717) is 15.7 Å². The molecule has 1 heterocycles. The number of nitrogen functional groups attached to an aromatic ring is 1. The summed E-state index contributed by atoms with van der Waals surface area (Å²) in [5.74, 6) is -0.0792. The Morgan fingerprint density at radius 2 is 1.95 bits per heavy atom. The minimum Gasteiger partial charge on any atom is -0.383 e. The molecule has 20 heavy (non-hydrogen) atoms. The Bertz CT molecular complexity index is 626. The lowest BCUT2D eigenvalue weighted by molar-refractivity contribution is 0.102. The van der Waals surface area contributed by atoms with Crippen LogP contribution >= 0.6 is 15.9 Å². The smallest absolute Gasteiger partial charge is 0.259 e. The van der Waals surface area contributed by atoms with Gasteiger partial charge in [-0.1, -0.05) is 0 Å². The number of aromatic nitrogens is 1. The average molecular weight is 335 g/mol. The Morgan fingerprint density at radius 1 is 1.30 bits per heavy atom. The number of nitrogens with zero attached hydrogens (tertiary/aromatic N) is 2. The Morgan fingerprint density at radius 3 is 2.55 bits per heavy atom. The van der Waals surface area contributed by atoms with Gasteiger partial charge in [0, 0.05) is 36.1 Å². The van der Waals surface area contributed by atoms with Crippen LogP contribution in [0.2, 0.25) is 0 Å². The van der Waals surface area contributed by atoms with Crippen molar-refractivity contribution in [3.8, 4) is 0 Å². The summed E-state index contributed by atoms with van der Waals surface area (Å²) in [4.78, 5) is 18.1. The predicted molar refractivity (Wildman–Crippen MR) is 85.1 cm³/mol. The molecule has 1 aromatic heterocycles. The van der Waals surface area contributed by atoms with Crippen molar-refractivity contribution < 1.29 is 4.79 Å². The lowest BCUT2D eigenvalue weighted by Crippen LogP contribution is -2.15. The highest BCUT2D eigenvalue weighted by Crippen LogP contribution is 2.19. The number of amides is 1. The fraction of sp³-hybridized carbons (Fsp3) is 0.143. The Hall–Kier alpha value is -2.08. The van der Waals surface area contributed by atoms with Crippen LogP contribution < -0.4 is 16.0 Å². The summed E-state index contributed by atoms with van der Waals surface area (Å²) in [6, 6.07) is 9.19. The minimum atomic E-state index is -0.283. The number of anilines is 3. The van der Waals surface area contributed by atoms with Gasteiger partial charge in [-0.15, -0.1) is 0 Å². The molecule has 3 N–H and O–H groups in total. The maximum Gasteiger partial charge on any atom is 0.259 e. The molecule has 0 aliphatic heterocycles. The van der Waals surface area contributed by atoms with Crippen molar-refractivity contribution in [2.24, 2.45) is 0 Å². The molecular formula is C14H15BrN4O. The molecular weight excluding hydrogens is 320 g/mol. The number of rotatable bonds is 3. The molecule has 0 unspecified atom stereocenters. The second-order valence-corrected chi connectivity index (χ2v) is 5.40. The summed E-state index contributed by atoms with van der Waals surface area (Å²) in [7, 11) is 3.92. The van der Waals surface area contributed by atoms with Gasteiger partial charge in [-0.25, -0.2) is 4.98 Å². The van der Waals surface area contributed by atoms with Crippen LogP contribution in [0.5, 0.6) is 0 Å². The van der Waals surface area contributed by atoms with Crippen LogP contribution in [0.15, 0.2) is 41.0 Å². The van der Waals surface area contributed by atoms with Gasteiger partial charge in [-0.05, 0) is 46.3 Å². The summed E-state index contributed by atoms with van der Waals surface area (Å²) >= 11 is 3.27. The number of carbonyl (C=O) groups is 1. The van der Waals surface area contributed by atoms with Crippen molar-refractivity contribution in [2.75, 3.05) is 30.0 Å². The number of halogens is 1. The third kappa shape index (κ3) is 3.27. The molecule has 0 radical (unpaired) electrons. The Labute approximate surface area is 125 Å². The first-order valence-electron chi connectivity index (χ1n) is 5.97. The van der Waals surface area contributed by atoms with E-state index in [2.05, 4.69) is 26.2 Å². The highest BCUT2D eigenvalue weighted by Gasteiger charge is 2.11. The van der Waals surface area contributed by atoms with E-state index in [4.69, 9.17) is 5.73 Å². The van der Waals surface area contributed by atoms with Gasteiger partial charge >= 0.3 is 0 Å². The average Bonchev–Trinajstić information content (AvgIpc) is 2.42. The van der Waals surface area contributed by atoms with Crippen molar-refractivity contribution in [3.05, 3.63) is 46.6 Å². The maximum atomic E-state index is 12.1. The summed E-state index contributed by atoms with van der Waals surface area (Å²) in [5, 5.41) is 2.79. The number of carbonyl (C=O) groups excluding carboxylic acids is 1. The molecule has 0 spiro atoms. The maximum absolute atomic E-state index is 12.1. The third-order valence-corrected chi connectivity index (χ3v) is 3.21. The molecule has 0 aliphatic carbocycles. The van der Waals surface area contributed by atoms with Crippen LogP contribution in [0.1, 0.15) is 10.4 Å². The second kappa shape index (κ2) is 5.92. The van der Waals surface area contributed by atoms with Crippen molar-refractivity contribution in [2.45, 2.75) is 0 Å². The Kier molecular flexibility index (Phi) is 4.24. The van der Waals surface area contributed by atoms with E-state index < -0.39 is 0 Å². The van der Waals surface area contributed by atoms with Gasteiger partial charge in [0.2, 0.25) is 0 Å². The zero-order valence-electron chi connectivity index (χ0n) is 11.2. The van der Waals surface area contributed by atoms with Gasteiger partial charge in [0.15, 0.2) is 0 Å². The second-order valence-electron chi connectivity index (χ2n) is 4.48. The molecule has 1 amide bonds. The van der Waals surface area contributed by atoms with Gasteiger partial charge in [0.05, 0.1) is 5.56 Å². The van der Waals surface area contributed by atoms with Gasteiger partial charge in [0.1, 0.15) is 5.82 Å². The van der Waals surface area contributed by atoms with E-state index >= 15 is 0 Å². The summed E-state index contributed by atoms with van der Waals surface area (Å²) in [5.41, 5.74) is 7.82. The van der Waals surface area contributed by atoms with Crippen LogP contribution in [0, 0.1) is 0 Å². The molecule has 2 rings (SSSR count). The molecule has 1 aromatic carbocycles. The molecule has 0 fully saturated rings. The third-order valence-electron chi connectivity index (χ3n) is 2.77. The minimum absolute atomic E-state index is 0.204. The molecule has 6 heteroatoms. The molecule has 104 valence electrons. The standard InChI is InChI=1S/C14H15BrN4O/c1-19(2)11-5-3-10(4-6-11)18-14(20)12-7-9(15)8-17-13(12)16/h3-8H,1-2H3,(H2,16,17)(H,18,20). The van der Waals surface area contributed by atoms with E-state index in [1.54, 1.807) is 12.3 Å². The number of pyridine rings is 1. The lowest BCUT2D eigenvalue weighted by atomic mass is 10.2. The predicted octanol–water partition coefficient (Wildman–Crippen LogP) is 2.74. The molecule has 2 aromatic rings. The largest absolute Gasteiger partial charge is 0.383 e. The zero-order valence-corrected chi connectivity index (χ0v) is 12.8. The Balaban J connectivity index is 2.17. The number of benzene rings is 1. The van der Waals surface area contributed by atoms with Gasteiger partial charge in [0.25, 0.3) is 5.91 Å². The first-order valence-corrected chi connectivity index (χ1v) is 6.76. The zero-order chi connectivity index (χ0) is 14.7. The number of hydrogen-bond donors (Lipinski definition) is 2. The first-order chi connectivity index (χ1) is 9.47. The summed E-state index contributed by atoms with van der Waals surface area (Å²) in [6.07, 6.45) is 1.55. The monoisotopic (exact) mass is 334 g/mol. The van der Waals surface area contributed by atoms with Crippen LogP contribution in [0.25, 0.3) is 0 Å². The molecule has 0 aliphatic rings. The highest BCUT2D eigenvalue weighted by molar-refractivity contribution is 9.10. The van der Waals surface area contributed by atoms with E-state index in [1.807, 2.05) is 43.3 Å². The van der Waals surface area contributed by atoms with Crippen LogP contribution in [-0.2, 0) is 0 Å². The molecule has 0 bridgehead atoms. The topological polar surface area (TPSA) is 71.2 Å². The van der Waals surface area contributed by atoms with E-state index in [0.717, 1.165) is 5.69 Å². The van der Waals surface area contributed by atoms with E-state index in [9.17, 15) is 4.79 Å². The van der Waals surface area contributed by atoms with Crippen molar-refractivity contribution >= 4 is 39.0 Å². The van der Waals surface area contributed by atoms with Crippen molar-refractivity contribution in [1.29, 1.82) is 0 Å². The molecule has 0 atom stereocenters. The number of nitrogens with two attached hydrogens (primary N) is 1. The van der Waals surface area contributed by atoms with Crippen LogP contribution in [0.3, 0.4) is 0 Å². The number of hydrogen-bond acceptors (Lipinski definition) is 4. The van der Waals surface area contributed by atoms with Crippen LogP contribution in [-0.4, -0.2) is 25.0 Å². The fourth-order valence-corrected chi connectivity index (χ4v) is 2.00. The lowest BCUT2D eigenvalue weighted by Gasteiger charge is -2.13. The van der Waals surface area contributed by atoms with Crippen molar-refractivity contribution in [1.82, 2.24) is 4.98 Å². The fourth-order valence-electron chi connectivity index (χ4n) is 1.67. The van der Waals surface area contributed by atoms with E-state index in [1.165, 1.54) is 0 Å². The quantitative estimate of drug-likeness (QED) is 0.905. The molecule has 5 nitrogen and oxygen atoms in total. The van der Waals surface area contributed by atoms with E-state index in [-0.39, 0.29) is 11.7 Å². The summed E-state index contributed by atoms with van der Waals surface area (Å²) in [6.45, 7) is 0. The summed E-state index contributed by atoms with van der Waals surface area (Å²) < 4.78 is 0.708. The van der Waals surface area contributed by atoms with Gasteiger partial charge in [-0.2, -0.15) is 0 Å². The SMILES string of the molecule is CN(C)c1ccc(NC(=O)c2cc(Br)cnc2N)cc1. The molecule has 0 saturated carbocycles.